The summed E-state index contributed by atoms with van der Waals surface area (Å²) in [5.41, 5.74) is 7.21. The molecule has 1 aliphatic rings. The van der Waals surface area contributed by atoms with Gasteiger partial charge in [0.25, 0.3) is 0 Å². The molecule has 0 spiro atoms. The predicted octanol–water partition coefficient (Wildman–Crippen LogP) is 1.10. The fourth-order valence-corrected chi connectivity index (χ4v) is 1.60. The maximum Gasteiger partial charge on any atom is 0.214 e. The molecule has 82 valence electrons. The van der Waals surface area contributed by atoms with Crippen molar-refractivity contribution < 1.29 is 4.74 Å². The Balaban J connectivity index is 2.08. The van der Waals surface area contributed by atoms with Crippen LogP contribution in [-0.2, 0) is 0 Å². The lowest BCUT2D eigenvalue weighted by atomic mass is 10.3. The number of rotatable bonds is 4. The van der Waals surface area contributed by atoms with E-state index in [0.29, 0.717) is 11.6 Å². The lowest BCUT2D eigenvalue weighted by molar-refractivity contribution is 0.170. The fourth-order valence-electron chi connectivity index (χ4n) is 1.60. The molecule has 0 aliphatic heterocycles. The molecule has 0 aromatic carbocycles. The molecule has 1 heterocycles. The maximum atomic E-state index is 5.86. The van der Waals surface area contributed by atoms with E-state index in [4.69, 9.17) is 10.5 Å². The Morgan fingerprint density at radius 1 is 1.53 bits per heavy atom. The third kappa shape index (κ3) is 2.21. The number of nitrogen functional groups attached to an aromatic ring is 1. The van der Waals surface area contributed by atoms with Gasteiger partial charge in [0.15, 0.2) is 0 Å². The van der Waals surface area contributed by atoms with Crippen LogP contribution in [0.25, 0.3) is 0 Å². The van der Waals surface area contributed by atoms with Crippen LogP contribution < -0.4 is 15.8 Å². The van der Waals surface area contributed by atoms with Gasteiger partial charge in [-0.05, 0) is 32.9 Å². The van der Waals surface area contributed by atoms with E-state index in [0.717, 1.165) is 25.1 Å². The van der Waals surface area contributed by atoms with Gasteiger partial charge in [0.05, 0.1) is 11.4 Å². The van der Waals surface area contributed by atoms with Crippen molar-refractivity contribution in [1.29, 1.82) is 0 Å². The molecule has 2 rings (SSSR count). The minimum absolute atomic E-state index is 0.0235. The predicted molar refractivity (Wildman–Crippen MR) is 59.9 cm³/mol. The molecule has 0 atom stereocenters. The normalized spacial score (nSPS) is 17.5. The minimum atomic E-state index is -0.0235. The van der Waals surface area contributed by atoms with Crippen molar-refractivity contribution in [2.45, 2.75) is 25.4 Å². The highest BCUT2D eigenvalue weighted by molar-refractivity contribution is 5.43. The first-order chi connectivity index (χ1) is 7.15. The summed E-state index contributed by atoms with van der Waals surface area (Å²) in [6.45, 7) is 2.76. The maximum absolute atomic E-state index is 5.86. The van der Waals surface area contributed by atoms with Crippen LogP contribution in [0.15, 0.2) is 12.1 Å². The van der Waals surface area contributed by atoms with Crippen LogP contribution in [0.3, 0.4) is 0 Å². The lowest BCUT2D eigenvalue weighted by Gasteiger charge is -2.17. The average molecular weight is 207 g/mol. The number of likely N-dealkylation sites (N-methyl/N-ethyl adjacent to an activating group) is 1. The van der Waals surface area contributed by atoms with Gasteiger partial charge in [-0.3, -0.25) is 0 Å². The number of aromatic nitrogens is 1. The van der Waals surface area contributed by atoms with Gasteiger partial charge in [-0.15, -0.1) is 0 Å². The first-order valence-corrected chi connectivity index (χ1v) is 5.22. The van der Waals surface area contributed by atoms with Gasteiger partial charge in [0.1, 0.15) is 5.60 Å². The Morgan fingerprint density at radius 2 is 2.27 bits per heavy atom. The van der Waals surface area contributed by atoms with Crippen molar-refractivity contribution in [3.63, 3.8) is 0 Å². The van der Waals surface area contributed by atoms with Crippen molar-refractivity contribution in [2.75, 3.05) is 19.3 Å². The monoisotopic (exact) mass is 207 g/mol. The van der Waals surface area contributed by atoms with E-state index in [2.05, 4.69) is 10.3 Å². The first-order valence-electron chi connectivity index (χ1n) is 5.22. The quantitative estimate of drug-likeness (QED) is 0.776. The second-order valence-electron chi connectivity index (χ2n) is 4.14. The summed E-state index contributed by atoms with van der Waals surface area (Å²) in [5, 5.41) is 3.14. The number of nitrogens with zero attached hydrogens (tertiary/aromatic N) is 1. The number of nitrogens with two attached hydrogens (primary N) is 1. The zero-order valence-electron chi connectivity index (χ0n) is 9.21. The van der Waals surface area contributed by atoms with Gasteiger partial charge < -0.3 is 15.8 Å². The SMILES string of the molecule is CNCC1(Oc2ccc(N)c(C)n2)CC1. The number of aryl methyl sites for hydroxylation is 1. The molecular weight excluding hydrogens is 190 g/mol. The Kier molecular flexibility index (Phi) is 2.52. The Morgan fingerprint density at radius 3 is 2.80 bits per heavy atom. The minimum Gasteiger partial charge on any atom is -0.470 e. The standard InChI is InChI=1S/C11H17N3O/c1-8-9(12)3-4-10(14-8)15-11(5-6-11)7-13-2/h3-4,13H,5-7,12H2,1-2H3. The van der Waals surface area contributed by atoms with Crippen LogP contribution in [0.2, 0.25) is 0 Å². The highest BCUT2D eigenvalue weighted by Gasteiger charge is 2.45. The lowest BCUT2D eigenvalue weighted by Crippen LogP contribution is -2.31. The van der Waals surface area contributed by atoms with E-state index in [9.17, 15) is 0 Å². The highest BCUT2D eigenvalue weighted by atomic mass is 16.5. The van der Waals surface area contributed by atoms with E-state index in [1.165, 1.54) is 0 Å². The van der Waals surface area contributed by atoms with Crippen molar-refractivity contribution >= 4 is 5.69 Å². The molecule has 1 aromatic rings. The van der Waals surface area contributed by atoms with Crippen LogP contribution in [0.5, 0.6) is 5.88 Å². The second kappa shape index (κ2) is 3.70. The van der Waals surface area contributed by atoms with Gasteiger partial charge >= 0.3 is 0 Å². The zero-order chi connectivity index (χ0) is 10.9. The molecule has 1 saturated carbocycles. The first kappa shape index (κ1) is 10.2. The van der Waals surface area contributed by atoms with Crippen molar-refractivity contribution in [3.05, 3.63) is 17.8 Å². The van der Waals surface area contributed by atoms with Gasteiger partial charge in [-0.1, -0.05) is 0 Å². The number of nitrogens with one attached hydrogen (secondary N) is 1. The Labute approximate surface area is 89.8 Å². The van der Waals surface area contributed by atoms with Gasteiger partial charge in [-0.2, -0.15) is 0 Å². The topological polar surface area (TPSA) is 60.2 Å². The molecule has 4 heteroatoms. The van der Waals surface area contributed by atoms with Gasteiger partial charge in [-0.25, -0.2) is 4.98 Å². The van der Waals surface area contributed by atoms with Crippen LogP contribution in [0.4, 0.5) is 5.69 Å². The van der Waals surface area contributed by atoms with E-state index >= 15 is 0 Å². The largest absolute Gasteiger partial charge is 0.470 e. The number of anilines is 1. The summed E-state index contributed by atoms with van der Waals surface area (Å²) in [7, 11) is 1.94. The van der Waals surface area contributed by atoms with Crippen molar-refractivity contribution in [1.82, 2.24) is 10.3 Å². The molecule has 0 unspecified atom stereocenters. The molecule has 1 aromatic heterocycles. The number of hydrogen-bond acceptors (Lipinski definition) is 4. The Bertz CT molecular complexity index is 361. The molecule has 4 nitrogen and oxygen atoms in total. The van der Waals surface area contributed by atoms with Gasteiger partial charge in [0, 0.05) is 12.6 Å². The summed E-state index contributed by atoms with van der Waals surface area (Å²) in [4.78, 5) is 4.31. The van der Waals surface area contributed by atoms with Crippen LogP contribution in [0.1, 0.15) is 18.5 Å². The smallest absolute Gasteiger partial charge is 0.214 e. The summed E-state index contributed by atoms with van der Waals surface area (Å²) in [5.74, 6) is 0.675. The molecule has 0 saturated heterocycles. The fraction of sp³-hybridized carbons (Fsp3) is 0.545. The highest BCUT2D eigenvalue weighted by Crippen LogP contribution is 2.39. The van der Waals surface area contributed by atoms with Crippen LogP contribution in [-0.4, -0.2) is 24.2 Å². The van der Waals surface area contributed by atoms with E-state index in [1.54, 1.807) is 0 Å². The number of hydrogen-bond donors (Lipinski definition) is 2. The molecule has 0 amide bonds. The molecular formula is C11H17N3O. The summed E-state index contributed by atoms with van der Waals surface area (Å²) in [6.07, 6.45) is 2.19. The van der Waals surface area contributed by atoms with Gasteiger partial charge in [0.2, 0.25) is 5.88 Å². The molecule has 1 fully saturated rings. The molecule has 0 radical (unpaired) electrons. The zero-order valence-corrected chi connectivity index (χ0v) is 9.21. The molecule has 15 heavy (non-hydrogen) atoms. The summed E-state index contributed by atoms with van der Waals surface area (Å²) in [6, 6.07) is 3.67. The summed E-state index contributed by atoms with van der Waals surface area (Å²) < 4.78 is 5.86. The molecule has 1 aliphatic carbocycles. The van der Waals surface area contributed by atoms with Crippen LogP contribution >= 0.6 is 0 Å². The number of pyridine rings is 1. The number of ether oxygens (including phenoxy) is 1. The van der Waals surface area contributed by atoms with E-state index in [-0.39, 0.29) is 5.60 Å². The average Bonchev–Trinajstić information content (AvgIpc) is 2.92. The Hall–Kier alpha value is -1.29. The summed E-state index contributed by atoms with van der Waals surface area (Å²) >= 11 is 0. The van der Waals surface area contributed by atoms with Crippen LogP contribution in [0, 0.1) is 6.92 Å². The third-order valence-corrected chi connectivity index (χ3v) is 2.73. The third-order valence-electron chi connectivity index (χ3n) is 2.73. The van der Waals surface area contributed by atoms with E-state index < -0.39 is 0 Å². The molecule has 3 N–H and O–H groups in total. The van der Waals surface area contributed by atoms with E-state index in [1.807, 2.05) is 26.1 Å². The second-order valence-corrected chi connectivity index (χ2v) is 4.14. The molecule has 0 bridgehead atoms. The van der Waals surface area contributed by atoms with Crippen molar-refractivity contribution in [3.8, 4) is 5.88 Å². The van der Waals surface area contributed by atoms with Crippen molar-refractivity contribution in [2.24, 2.45) is 0 Å².